The van der Waals surface area contributed by atoms with Crippen LogP contribution in [-0.4, -0.2) is 36.6 Å². The minimum atomic E-state index is -0.260. The van der Waals surface area contributed by atoms with Gasteiger partial charge >= 0.3 is 0 Å². The number of hydrogen-bond donors (Lipinski definition) is 1. The number of nitrogens with zero attached hydrogens (tertiary/aromatic N) is 1. The van der Waals surface area contributed by atoms with Crippen molar-refractivity contribution in [3.8, 4) is 0 Å². The Bertz CT molecular complexity index is 744. The molecule has 1 N–H and O–H groups in total. The number of benzene rings is 2. The predicted molar refractivity (Wildman–Crippen MR) is 100 cm³/mol. The lowest BCUT2D eigenvalue weighted by atomic mass is 10.1. The first-order valence-corrected chi connectivity index (χ1v) is 9.03. The summed E-state index contributed by atoms with van der Waals surface area (Å²) in [7, 11) is 0. The number of anilines is 1. The molecule has 1 amide bonds. The highest BCUT2D eigenvalue weighted by atomic mass is 19.1. The Kier molecular flexibility index (Phi) is 6.36. The maximum absolute atomic E-state index is 13.5. The second kappa shape index (κ2) is 8.92. The average Bonchev–Trinajstić information content (AvgIpc) is 3.07. The molecule has 1 heterocycles. The Hall–Kier alpha value is -2.24. The molecule has 0 spiro atoms. The molecule has 0 aromatic heterocycles. The van der Waals surface area contributed by atoms with Crippen LogP contribution in [0.25, 0.3) is 0 Å². The van der Waals surface area contributed by atoms with Gasteiger partial charge in [0.15, 0.2) is 0 Å². The largest absolute Gasteiger partial charge is 0.377 e. The van der Waals surface area contributed by atoms with Crippen LogP contribution in [0.1, 0.15) is 24.0 Å². The van der Waals surface area contributed by atoms with Crippen molar-refractivity contribution in [2.24, 2.45) is 0 Å². The third kappa shape index (κ3) is 5.64. The van der Waals surface area contributed by atoms with E-state index in [2.05, 4.69) is 5.32 Å². The highest BCUT2D eigenvalue weighted by molar-refractivity contribution is 5.92. The first-order chi connectivity index (χ1) is 12.6. The van der Waals surface area contributed by atoms with Crippen molar-refractivity contribution < 1.29 is 13.9 Å². The Balaban J connectivity index is 1.64. The van der Waals surface area contributed by atoms with E-state index in [0.717, 1.165) is 36.3 Å². The zero-order chi connectivity index (χ0) is 18.4. The molecular weight excluding hydrogens is 331 g/mol. The molecule has 5 heteroatoms. The summed E-state index contributed by atoms with van der Waals surface area (Å²) in [4.78, 5) is 14.5. The Morgan fingerprint density at radius 3 is 2.85 bits per heavy atom. The van der Waals surface area contributed by atoms with E-state index < -0.39 is 0 Å². The summed E-state index contributed by atoms with van der Waals surface area (Å²) in [5.41, 5.74) is 2.74. The number of aryl methyl sites for hydroxylation is 1. The van der Waals surface area contributed by atoms with Gasteiger partial charge in [-0.1, -0.05) is 24.3 Å². The van der Waals surface area contributed by atoms with Gasteiger partial charge in [-0.15, -0.1) is 0 Å². The summed E-state index contributed by atoms with van der Waals surface area (Å²) in [6.45, 7) is 4.18. The number of ether oxygens (including phenoxy) is 1. The van der Waals surface area contributed by atoms with E-state index in [4.69, 9.17) is 4.74 Å². The minimum absolute atomic E-state index is 0.0787. The molecular formula is C21H25FN2O2. The molecule has 1 fully saturated rings. The van der Waals surface area contributed by atoms with Crippen LogP contribution in [0.2, 0.25) is 0 Å². The van der Waals surface area contributed by atoms with Gasteiger partial charge in [-0.25, -0.2) is 4.39 Å². The molecule has 3 rings (SSSR count). The van der Waals surface area contributed by atoms with Gasteiger partial charge in [0, 0.05) is 25.4 Å². The highest BCUT2D eigenvalue weighted by Crippen LogP contribution is 2.16. The lowest BCUT2D eigenvalue weighted by Crippen LogP contribution is -2.38. The minimum Gasteiger partial charge on any atom is -0.377 e. The maximum atomic E-state index is 13.5. The summed E-state index contributed by atoms with van der Waals surface area (Å²) in [6.07, 6.45) is 2.18. The van der Waals surface area contributed by atoms with Crippen LogP contribution in [0.5, 0.6) is 0 Å². The highest BCUT2D eigenvalue weighted by Gasteiger charge is 2.21. The summed E-state index contributed by atoms with van der Waals surface area (Å²) in [6, 6.07) is 14.2. The number of carbonyl (C=O) groups excluding carboxylic acids is 1. The standard InChI is InChI=1S/C21H25FN2O2/c1-16-5-2-8-19(11-16)23-21(25)15-24(14-20-9-4-10-26-20)13-17-6-3-7-18(22)12-17/h2-3,5-8,11-12,20H,4,9-10,13-15H2,1H3,(H,23,25). The smallest absolute Gasteiger partial charge is 0.238 e. The van der Waals surface area contributed by atoms with E-state index in [1.165, 1.54) is 12.1 Å². The number of nitrogens with one attached hydrogen (secondary N) is 1. The van der Waals surface area contributed by atoms with Gasteiger partial charge in [0.25, 0.3) is 0 Å². The molecule has 0 radical (unpaired) electrons. The van der Waals surface area contributed by atoms with Crippen molar-refractivity contribution in [2.75, 3.05) is 25.0 Å². The predicted octanol–water partition coefficient (Wildman–Crippen LogP) is 3.75. The first kappa shape index (κ1) is 18.5. The second-order valence-electron chi connectivity index (χ2n) is 6.85. The van der Waals surface area contributed by atoms with Crippen LogP contribution in [0, 0.1) is 12.7 Å². The van der Waals surface area contributed by atoms with Gasteiger partial charge in [-0.2, -0.15) is 0 Å². The lowest BCUT2D eigenvalue weighted by Gasteiger charge is -2.25. The monoisotopic (exact) mass is 356 g/mol. The van der Waals surface area contributed by atoms with Crippen molar-refractivity contribution in [1.82, 2.24) is 4.90 Å². The molecule has 1 unspecified atom stereocenters. The van der Waals surface area contributed by atoms with E-state index in [1.54, 1.807) is 6.07 Å². The summed E-state index contributed by atoms with van der Waals surface area (Å²) < 4.78 is 19.2. The Labute approximate surface area is 154 Å². The van der Waals surface area contributed by atoms with E-state index in [-0.39, 0.29) is 24.4 Å². The fourth-order valence-electron chi connectivity index (χ4n) is 3.28. The SMILES string of the molecule is Cc1cccc(NC(=O)CN(Cc2cccc(F)c2)CC2CCCO2)c1. The second-order valence-corrected chi connectivity index (χ2v) is 6.85. The number of rotatable bonds is 7. The van der Waals surface area contributed by atoms with Gasteiger partial charge < -0.3 is 10.1 Å². The third-order valence-corrected chi connectivity index (χ3v) is 4.45. The molecule has 138 valence electrons. The fourth-order valence-corrected chi connectivity index (χ4v) is 3.28. The van der Waals surface area contributed by atoms with E-state index >= 15 is 0 Å². The Morgan fingerprint density at radius 1 is 1.27 bits per heavy atom. The Morgan fingerprint density at radius 2 is 2.12 bits per heavy atom. The molecule has 4 nitrogen and oxygen atoms in total. The molecule has 26 heavy (non-hydrogen) atoms. The van der Waals surface area contributed by atoms with Crippen molar-refractivity contribution in [3.63, 3.8) is 0 Å². The fraction of sp³-hybridized carbons (Fsp3) is 0.381. The molecule has 2 aromatic carbocycles. The van der Waals surface area contributed by atoms with Crippen LogP contribution in [0.4, 0.5) is 10.1 Å². The normalized spacial score (nSPS) is 16.8. The topological polar surface area (TPSA) is 41.6 Å². The van der Waals surface area contributed by atoms with Crippen LogP contribution in [-0.2, 0) is 16.1 Å². The van der Waals surface area contributed by atoms with Gasteiger partial charge in [0.05, 0.1) is 12.6 Å². The van der Waals surface area contributed by atoms with Crippen molar-refractivity contribution in [1.29, 1.82) is 0 Å². The van der Waals surface area contributed by atoms with Crippen LogP contribution in [0.15, 0.2) is 48.5 Å². The van der Waals surface area contributed by atoms with Crippen molar-refractivity contribution >= 4 is 11.6 Å². The zero-order valence-corrected chi connectivity index (χ0v) is 15.1. The summed E-state index contributed by atoms with van der Waals surface area (Å²) in [5, 5.41) is 2.94. The molecule has 1 saturated heterocycles. The summed E-state index contributed by atoms with van der Waals surface area (Å²) in [5.74, 6) is -0.339. The molecule has 2 aromatic rings. The van der Waals surface area contributed by atoms with Crippen LogP contribution < -0.4 is 5.32 Å². The molecule has 0 saturated carbocycles. The third-order valence-electron chi connectivity index (χ3n) is 4.45. The van der Waals surface area contributed by atoms with Crippen LogP contribution >= 0.6 is 0 Å². The molecule has 0 aliphatic carbocycles. The summed E-state index contributed by atoms with van der Waals surface area (Å²) >= 11 is 0. The quantitative estimate of drug-likeness (QED) is 0.821. The average molecular weight is 356 g/mol. The van der Waals surface area contributed by atoms with Gasteiger partial charge in [0.1, 0.15) is 5.82 Å². The van der Waals surface area contributed by atoms with Crippen LogP contribution in [0.3, 0.4) is 0 Å². The molecule has 0 bridgehead atoms. The van der Waals surface area contributed by atoms with Gasteiger partial charge in [-0.05, 0) is 55.2 Å². The number of hydrogen-bond acceptors (Lipinski definition) is 3. The van der Waals surface area contributed by atoms with Gasteiger partial charge in [0.2, 0.25) is 5.91 Å². The van der Waals surface area contributed by atoms with E-state index in [0.29, 0.717) is 13.1 Å². The van der Waals surface area contributed by atoms with E-state index in [9.17, 15) is 9.18 Å². The van der Waals surface area contributed by atoms with E-state index in [1.807, 2.05) is 42.2 Å². The lowest BCUT2D eigenvalue weighted by molar-refractivity contribution is -0.117. The molecule has 1 atom stereocenters. The molecule has 1 aliphatic heterocycles. The maximum Gasteiger partial charge on any atom is 0.238 e. The molecule has 1 aliphatic rings. The van der Waals surface area contributed by atoms with Crippen molar-refractivity contribution in [2.45, 2.75) is 32.4 Å². The zero-order valence-electron chi connectivity index (χ0n) is 15.1. The van der Waals surface area contributed by atoms with Gasteiger partial charge in [-0.3, -0.25) is 9.69 Å². The number of amides is 1. The first-order valence-electron chi connectivity index (χ1n) is 9.03. The number of carbonyl (C=O) groups is 1. The number of halogens is 1. The van der Waals surface area contributed by atoms with Crippen molar-refractivity contribution in [3.05, 3.63) is 65.5 Å².